The van der Waals surface area contributed by atoms with Gasteiger partial charge in [-0.05, 0) is 24.2 Å². The molecule has 3 amide bonds. The van der Waals surface area contributed by atoms with E-state index in [1.807, 2.05) is 34.6 Å². The van der Waals surface area contributed by atoms with Gasteiger partial charge < -0.3 is 31.8 Å². The Morgan fingerprint density at radius 3 is 2.00 bits per heavy atom. The lowest BCUT2D eigenvalue weighted by molar-refractivity contribution is -0.143. The van der Waals surface area contributed by atoms with E-state index in [4.69, 9.17) is 5.73 Å². The Morgan fingerprint density at radius 1 is 0.943 bits per heavy atom. The second-order valence-corrected chi connectivity index (χ2v) is 9.66. The molecular formula is C24H42N6O5. The number of nitrogens with zero attached hydrogens (tertiary/aromatic N) is 1. The maximum atomic E-state index is 13.3. The molecule has 0 spiro atoms. The summed E-state index contributed by atoms with van der Waals surface area (Å²) in [5.74, 6) is -3.09. The van der Waals surface area contributed by atoms with Crippen molar-refractivity contribution in [2.45, 2.75) is 91.4 Å². The van der Waals surface area contributed by atoms with Gasteiger partial charge in [-0.2, -0.15) is 0 Å². The van der Waals surface area contributed by atoms with Gasteiger partial charge in [0, 0.05) is 18.3 Å². The molecule has 1 aromatic heterocycles. The maximum Gasteiger partial charge on any atom is 0.326 e. The molecule has 1 heterocycles. The number of aliphatic carboxylic acids is 1. The van der Waals surface area contributed by atoms with Gasteiger partial charge in [-0.15, -0.1) is 0 Å². The van der Waals surface area contributed by atoms with Gasteiger partial charge in [-0.3, -0.25) is 14.4 Å². The van der Waals surface area contributed by atoms with Crippen molar-refractivity contribution in [1.29, 1.82) is 0 Å². The molecule has 198 valence electrons. The Hall–Kier alpha value is -2.95. The Kier molecular flexibility index (Phi) is 12.4. The van der Waals surface area contributed by atoms with Crippen LogP contribution in [-0.2, 0) is 25.6 Å². The second-order valence-electron chi connectivity index (χ2n) is 9.66. The number of carbonyl (C=O) groups excluding carboxylic acids is 3. The third-order valence-corrected chi connectivity index (χ3v) is 6.24. The lowest BCUT2D eigenvalue weighted by atomic mass is 9.96. The van der Waals surface area contributed by atoms with Crippen LogP contribution in [0.25, 0.3) is 0 Å². The fraction of sp³-hybridized carbons (Fsp3) is 0.708. The Bertz CT molecular complexity index is 828. The lowest BCUT2D eigenvalue weighted by Gasteiger charge is -2.28. The third-order valence-electron chi connectivity index (χ3n) is 6.24. The SMILES string of the molecule is CCC(C)C(NC(=O)C(Cc1cnc[nH]1)NC(=O)C(NC(=O)C(N)CC(C)C)C(C)CC)C(=O)O. The standard InChI is InChI=1S/C24H42N6O5/c1-7-14(5)19(29-21(31)17(25)9-13(3)4)23(33)28-18(10-16-11-26-12-27-16)22(32)30-20(24(34)35)15(6)8-2/h11-15,17-20H,7-10,25H2,1-6H3,(H,26,27)(H,28,33)(H,29,31)(H,30,32)(H,34,35). The van der Waals surface area contributed by atoms with E-state index in [9.17, 15) is 24.3 Å². The first kappa shape index (κ1) is 30.1. The monoisotopic (exact) mass is 494 g/mol. The molecule has 0 saturated carbocycles. The number of nitrogens with one attached hydrogen (secondary N) is 4. The number of rotatable bonds is 15. The van der Waals surface area contributed by atoms with Gasteiger partial charge in [0.25, 0.3) is 0 Å². The summed E-state index contributed by atoms with van der Waals surface area (Å²) in [5.41, 5.74) is 6.59. The van der Waals surface area contributed by atoms with Gasteiger partial charge in [-0.1, -0.05) is 54.4 Å². The fourth-order valence-electron chi connectivity index (χ4n) is 3.60. The van der Waals surface area contributed by atoms with E-state index in [-0.39, 0.29) is 24.2 Å². The molecule has 0 radical (unpaired) electrons. The van der Waals surface area contributed by atoms with Crippen LogP contribution in [0.2, 0.25) is 0 Å². The number of carboxylic acid groups (broad SMARTS) is 1. The van der Waals surface area contributed by atoms with Crippen molar-refractivity contribution in [3.05, 3.63) is 18.2 Å². The minimum atomic E-state index is -1.15. The summed E-state index contributed by atoms with van der Waals surface area (Å²) < 4.78 is 0. The summed E-state index contributed by atoms with van der Waals surface area (Å²) in [4.78, 5) is 57.6. The molecule has 0 fully saturated rings. The highest BCUT2D eigenvalue weighted by molar-refractivity contribution is 5.94. The molecule has 1 rings (SSSR count). The van der Waals surface area contributed by atoms with Crippen LogP contribution in [0.15, 0.2) is 12.5 Å². The first-order chi connectivity index (χ1) is 16.4. The molecule has 1 aromatic rings. The van der Waals surface area contributed by atoms with Crippen molar-refractivity contribution in [2.75, 3.05) is 0 Å². The van der Waals surface area contributed by atoms with Crippen molar-refractivity contribution < 1.29 is 24.3 Å². The van der Waals surface area contributed by atoms with E-state index < -0.39 is 47.9 Å². The highest BCUT2D eigenvalue weighted by Gasteiger charge is 2.33. The summed E-state index contributed by atoms with van der Waals surface area (Å²) in [6.07, 6.45) is 4.66. The van der Waals surface area contributed by atoms with Crippen LogP contribution < -0.4 is 21.7 Å². The van der Waals surface area contributed by atoms with E-state index in [2.05, 4.69) is 25.9 Å². The number of hydrogen-bond acceptors (Lipinski definition) is 6. The average molecular weight is 495 g/mol. The molecule has 0 aromatic carbocycles. The Morgan fingerprint density at radius 2 is 1.51 bits per heavy atom. The molecule has 6 unspecified atom stereocenters. The van der Waals surface area contributed by atoms with E-state index in [1.165, 1.54) is 12.5 Å². The predicted molar refractivity (Wildman–Crippen MR) is 132 cm³/mol. The number of hydrogen-bond donors (Lipinski definition) is 6. The van der Waals surface area contributed by atoms with Crippen molar-refractivity contribution in [2.24, 2.45) is 23.5 Å². The van der Waals surface area contributed by atoms with E-state index in [1.54, 1.807) is 6.92 Å². The molecule has 0 aliphatic rings. The quantitative estimate of drug-likeness (QED) is 0.210. The van der Waals surface area contributed by atoms with Crippen LogP contribution >= 0.6 is 0 Å². The fourth-order valence-corrected chi connectivity index (χ4v) is 3.60. The van der Waals surface area contributed by atoms with Gasteiger partial charge in [-0.25, -0.2) is 9.78 Å². The first-order valence-electron chi connectivity index (χ1n) is 12.3. The summed E-state index contributed by atoms with van der Waals surface area (Å²) in [5, 5.41) is 17.6. The molecule has 6 atom stereocenters. The molecule has 35 heavy (non-hydrogen) atoms. The number of carbonyl (C=O) groups is 4. The zero-order valence-corrected chi connectivity index (χ0v) is 21.6. The number of carboxylic acids is 1. The average Bonchev–Trinajstić information content (AvgIpc) is 3.31. The van der Waals surface area contributed by atoms with Gasteiger partial charge >= 0.3 is 5.97 Å². The summed E-state index contributed by atoms with van der Waals surface area (Å²) >= 11 is 0. The predicted octanol–water partition coefficient (Wildman–Crippen LogP) is 0.957. The number of aromatic nitrogens is 2. The number of amides is 3. The van der Waals surface area contributed by atoms with Crippen molar-refractivity contribution in [3.63, 3.8) is 0 Å². The molecule has 0 saturated heterocycles. The topological polar surface area (TPSA) is 179 Å². The maximum absolute atomic E-state index is 13.3. The van der Waals surface area contributed by atoms with E-state index in [0.29, 0.717) is 25.0 Å². The van der Waals surface area contributed by atoms with Gasteiger partial charge in [0.1, 0.15) is 18.1 Å². The smallest absolute Gasteiger partial charge is 0.326 e. The normalized spacial score (nSPS) is 16.5. The number of H-pyrrole nitrogens is 1. The van der Waals surface area contributed by atoms with Crippen LogP contribution in [0.4, 0.5) is 0 Å². The first-order valence-corrected chi connectivity index (χ1v) is 12.3. The Balaban J connectivity index is 3.11. The summed E-state index contributed by atoms with van der Waals surface area (Å²) in [6.45, 7) is 11.2. The van der Waals surface area contributed by atoms with Crippen LogP contribution in [0.1, 0.15) is 66.5 Å². The molecular weight excluding hydrogens is 452 g/mol. The van der Waals surface area contributed by atoms with Crippen LogP contribution in [-0.4, -0.2) is 62.9 Å². The van der Waals surface area contributed by atoms with Crippen molar-refractivity contribution in [3.8, 4) is 0 Å². The third kappa shape index (κ3) is 9.67. The highest BCUT2D eigenvalue weighted by Crippen LogP contribution is 2.12. The summed E-state index contributed by atoms with van der Waals surface area (Å²) in [6, 6.07) is -3.85. The largest absolute Gasteiger partial charge is 0.480 e. The highest BCUT2D eigenvalue weighted by atomic mass is 16.4. The van der Waals surface area contributed by atoms with Crippen molar-refractivity contribution >= 4 is 23.7 Å². The minimum Gasteiger partial charge on any atom is -0.480 e. The van der Waals surface area contributed by atoms with Crippen LogP contribution in [0, 0.1) is 17.8 Å². The zero-order valence-electron chi connectivity index (χ0n) is 21.6. The molecule has 0 bridgehead atoms. The Labute approximate surface area is 207 Å². The minimum absolute atomic E-state index is 0.0679. The van der Waals surface area contributed by atoms with E-state index >= 15 is 0 Å². The zero-order chi connectivity index (χ0) is 26.7. The number of aromatic amines is 1. The molecule has 0 aliphatic carbocycles. The molecule has 7 N–H and O–H groups in total. The van der Waals surface area contributed by atoms with Gasteiger partial charge in [0.2, 0.25) is 17.7 Å². The van der Waals surface area contributed by atoms with Crippen LogP contribution in [0.3, 0.4) is 0 Å². The van der Waals surface area contributed by atoms with E-state index in [0.717, 1.165) is 0 Å². The lowest BCUT2D eigenvalue weighted by Crippen LogP contribution is -2.59. The van der Waals surface area contributed by atoms with Crippen molar-refractivity contribution in [1.82, 2.24) is 25.9 Å². The van der Waals surface area contributed by atoms with Crippen LogP contribution in [0.5, 0.6) is 0 Å². The van der Waals surface area contributed by atoms with Gasteiger partial charge in [0.15, 0.2) is 0 Å². The molecule has 11 heteroatoms. The summed E-state index contributed by atoms with van der Waals surface area (Å²) in [7, 11) is 0. The number of nitrogens with two attached hydrogens (primary N) is 1. The second kappa shape index (κ2) is 14.4. The number of imidazole rings is 1. The van der Waals surface area contributed by atoms with Gasteiger partial charge in [0.05, 0.1) is 12.4 Å². The molecule has 0 aliphatic heterocycles. The molecule has 11 nitrogen and oxygen atoms in total.